The fourth-order valence-corrected chi connectivity index (χ4v) is 2.70. The molecule has 0 aliphatic rings. The largest absolute Gasteiger partial charge is 0.504 e. The summed E-state index contributed by atoms with van der Waals surface area (Å²) >= 11 is 0. The molecule has 2 N–H and O–H groups in total. The molecule has 2 aromatic rings. The van der Waals surface area contributed by atoms with E-state index < -0.39 is 36.1 Å². The number of aromatic hydroxyl groups is 2. The first kappa shape index (κ1) is 25.8. The first-order valence-corrected chi connectivity index (χ1v) is 9.48. The van der Waals surface area contributed by atoms with Crippen molar-refractivity contribution in [1.29, 1.82) is 0 Å². The summed E-state index contributed by atoms with van der Waals surface area (Å²) in [6.07, 6.45) is -4.13. The van der Waals surface area contributed by atoms with Gasteiger partial charge >= 0.3 is 23.9 Å². The third kappa shape index (κ3) is 5.85. The van der Waals surface area contributed by atoms with Crippen LogP contribution in [0.5, 0.6) is 23.0 Å². The number of ether oxygens (including phenoxy) is 6. The first-order valence-electron chi connectivity index (χ1n) is 9.48. The second kappa shape index (κ2) is 11.4. The van der Waals surface area contributed by atoms with Crippen molar-refractivity contribution in [3.05, 3.63) is 47.5 Å². The predicted octanol–water partition coefficient (Wildman–Crippen LogP) is 1.21. The average Bonchev–Trinajstić information content (AvgIpc) is 2.84. The Bertz CT molecular complexity index is 992. The van der Waals surface area contributed by atoms with E-state index in [9.17, 15) is 29.4 Å². The lowest BCUT2D eigenvalue weighted by atomic mass is 10.1. The maximum atomic E-state index is 12.6. The standard InChI is InChI=1S/C22H22O12/c1-29-15-7-5-11(9-13(15)23)19(25)33-17(21(27)31-3)18(22(28)32-4)34-20(26)12-6-8-16(30-2)14(24)10-12/h5-10,17-18,23-24H,1-4H3/t17-,18-/m1/s1. The van der Waals surface area contributed by atoms with Crippen LogP contribution in [0.25, 0.3) is 0 Å². The topological polar surface area (TPSA) is 164 Å². The molecule has 0 bridgehead atoms. The number of hydrogen-bond donors (Lipinski definition) is 2. The van der Waals surface area contributed by atoms with E-state index in [0.29, 0.717) is 0 Å². The fraction of sp³-hybridized carbons (Fsp3) is 0.273. The average molecular weight is 478 g/mol. The Morgan fingerprint density at radius 1 is 0.647 bits per heavy atom. The number of methoxy groups -OCH3 is 4. The minimum absolute atomic E-state index is 0.0742. The lowest BCUT2D eigenvalue weighted by Crippen LogP contribution is -2.47. The Hall–Kier alpha value is -4.48. The molecule has 0 saturated heterocycles. The van der Waals surface area contributed by atoms with E-state index in [-0.39, 0.29) is 34.1 Å². The van der Waals surface area contributed by atoms with Gasteiger partial charge in [-0.1, -0.05) is 0 Å². The number of esters is 4. The molecular formula is C22H22O12. The van der Waals surface area contributed by atoms with E-state index in [2.05, 4.69) is 9.47 Å². The number of phenols is 2. The Morgan fingerprint density at radius 3 is 1.26 bits per heavy atom. The summed E-state index contributed by atoms with van der Waals surface area (Å²) in [7, 11) is 4.52. The van der Waals surface area contributed by atoms with E-state index in [1.807, 2.05) is 0 Å². The van der Waals surface area contributed by atoms with Gasteiger partial charge in [0.1, 0.15) is 0 Å². The van der Waals surface area contributed by atoms with Gasteiger partial charge in [-0.2, -0.15) is 0 Å². The summed E-state index contributed by atoms with van der Waals surface area (Å²) in [5.41, 5.74) is -0.413. The van der Waals surface area contributed by atoms with Gasteiger partial charge in [-0.15, -0.1) is 0 Å². The highest BCUT2D eigenvalue weighted by Gasteiger charge is 2.42. The molecule has 0 radical (unpaired) electrons. The van der Waals surface area contributed by atoms with Crippen LogP contribution in [-0.4, -0.2) is 74.7 Å². The van der Waals surface area contributed by atoms with Gasteiger partial charge in [0, 0.05) is 0 Å². The monoisotopic (exact) mass is 478 g/mol. The van der Waals surface area contributed by atoms with Crippen molar-refractivity contribution in [2.75, 3.05) is 28.4 Å². The Kier molecular flexibility index (Phi) is 8.65. The number of carbonyl (C=O) groups is 4. The highest BCUT2D eigenvalue weighted by Crippen LogP contribution is 2.28. The van der Waals surface area contributed by atoms with E-state index in [4.69, 9.17) is 18.9 Å². The van der Waals surface area contributed by atoms with Gasteiger partial charge in [0.05, 0.1) is 39.6 Å². The highest BCUT2D eigenvalue weighted by atomic mass is 16.6. The normalized spacial score (nSPS) is 12.0. The van der Waals surface area contributed by atoms with E-state index in [0.717, 1.165) is 26.4 Å². The van der Waals surface area contributed by atoms with Crippen LogP contribution in [0.15, 0.2) is 36.4 Å². The zero-order valence-electron chi connectivity index (χ0n) is 18.6. The SMILES string of the molecule is COC(=O)[C@H](OC(=O)c1ccc(OC)c(O)c1)[C@@H](OC(=O)c1ccc(OC)c(O)c1)C(=O)OC. The third-order valence-electron chi connectivity index (χ3n) is 4.44. The molecule has 34 heavy (non-hydrogen) atoms. The van der Waals surface area contributed by atoms with E-state index >= 15 is 0 Å². The zero-order chi connectivity index (χ0) is 25.4. The molecule has 2 atom stereocenters. The number of benzene rings is 2. The molecular weight excluding hydrogens is 456 g/mol. The van der Waals surface area contributed by atoms with Crippen LogP contribution in [0.4, 0.5) is 0 Å². The Morgan fingerprint density at radius 2 is 1.00 bits per heavy atom. The molecule has 0 unspecified atom stereocenters. The maximum absolute atomic E-state index is 12.6. The van der Waals surface area contributed by atoms with Crippen LogP contribution >= 0.6 is 0 Å². The first-order chi connectivity index (χ1) is 16.2. The van der Waals surface area contributed by atoms with E-state index in [1.165, 1.54) is 38.5 Å². The lowest BCUT2D eigenvalue weighted by Gasteiger charge is -2.23. The molecule has 0 aliphatic carbocycles. The number of phenolic OH excluding ortho intramolecular Hbond substituents is 2. The molecule has 0 fully saturated rings. The van der Waals surface area contributed by atoms with Gasteiger partial charge in [-0.05, 0) is 36.4 Å². The molecule has 0 heterocycles. The molecule has 0 spiro atoms. The number of hydrogen-bond acceptors (Lipinski definition) is 12. The highest BCUT2D eigenvalue weighted by molar-refractivity contribution is 5.96. The molecule has 12 nitrogen and oxygen atoms in total. The summed E-state index contributed by atoms with van der Waals surface area (Å²) in [4.78, 5) is 49.9. The summed E-state index contributed by atoms with van der Waals surface area (Å²) < 4.78 is 29.1. The second-order valence-electron chi connectivity index (χ2n) is 6.47. The van der Waals surface area contributed by atoms with Crippen LogP contribution in [-0.2, 0) is 28.5 Å². The van der Waals surface area contributed by atoms with Crippen molar-refractivity contribution in [2.45, 2.75) is 12.2 Å². The van der Waals surface area contributed by atoms with Crippen LogP contribution in [0.3, 0.4) is 0 Å². The Balaban J connectivity index is 2.35. The molecule has 2 aromatic carbocycles. The quantitative estimate of drug-likeness (QED) is 0.392. The molecule has 0 amide bonds. The van der Waals surface area contributed by atoms with Crippen LogP contribution in [0.2, 0.25) is 0 Å². The summed E-state index contributed by atoms with van der Waals surface area (Å²) in [5.74, 6) is -5.39. The van der Waals surface area contributed by atoms with Gasteiger partial charge in [0.25, 0.3) is 0 Å². The summed E-state index contributed by atoms with van der Waals surface area (Å²) in [6, 6.07) is 7.02. The van der Waals surface area contributed by atoms with E-state index in [1.54, 1.807) is 0 Å². The number of rotatable bonds is 9. The second-order valence-corrected chi connectivity index (χ2v) is 6.47. The van der Waals surface area contributed by atoms with Gasteiger partial charge in [0.15, 0.2) is 23.0 Å². The van der Waals surface area contributed by atoms with Crippen molar-refractivity contribution >= 4 is 23.9 Å². The minimum Gasteiger partial charge on any atom is -0.504 e. The molecule has 12 heteroatoms. The van der Waals surface area contributed by atoms with Crippen molar-refractivity contribution in [3.8, 4) is 23.0 Å². The summed E-state index contributed by atoms with van der Waals surface area (Å²) in [6.45, 7) is 0. The molecule has 0 saturated carbocycles. The van der Waals surface area contributed by atoms with Crippen molar-refractivity contribution in [1.82, 2.24) is 0 Å². The zero-order valence-corrected chi connectivity index (χ0v) is 18.6. The lowest BCUT2D eigenvalue weighted by molar-refractivity contribution is -0.170. The van der Waals surface area contributed by atoms with Crippen molar-refractivity contribution in [3.63, 3.8) is 0 Å². The maximum Gasteiger partial charge on any atom is 0.351 e. The minimum atomic E-state index is -2.06. The fourth-order valence-electron chi connectivity index (χ4n) is 2.70. The third-order valence-corrected chi connectivity index (χ3v) is 4.44. The molecule has 0 aromatic heterocycles. The smallest absolute Gasteiger partial charge is 0.351 e. The van der Waals surface area contributed by atoms with Crippen LogP contribution in [0.1, 0.15) is 20.7 Å². The van der Waals surface area contributed by atoms with Crippen molar-refractivity contribution < 1.29 is 57.8 Å². The number of carbonyl (C=O) groups excluding carboxylic acids is 4. The molecule has 182 valence electrons. The molecule has 0 aliphatic heterocycles. The summed E-state index contributed by atoms with van der Waals surface area (Å²) in [5, 5.41) is 19.7. The van der Waals surface area contributed by atoms with Gasteiger partial charge in [-0.25, -0.2) is 19.2 Å². The van der Waals surface area contributed by atoms with Crippen LogP contribution < -0.4 is 9.47 Å². The van der Waals surface area contributed by atoms with Crippen molar-refractivity contribution in [2.24, 2.45) is 0 Å². The van der Waals surface area contributed by atoms with Gasteiger partial charge in [-0.3, -0.25) is 0 Å². The Labute approximate surface area is 193 Å². The predicted molar refractivity (Wildman–Crippen MR) is 112 cm³/mol. The van der Waals surface area contributed by atoms with Gasteiger partial charge in [0.2, 0.25) is 12.2 Å². The van der Waals surface area contributed by atoms with Gasteiger partial charge < -0.3 is 38.6 Å². The molecule has 2 rings (SSSR count). The van der Waals surface area contributed by atoms with Crippen LogP contribution in [0, 0.1) is 0 Å².